The van der Waals surface area contributed by atoms with Gasteiger partial charge in [0.15, 0.2) is 5.78 Å². The predicted octanol–water partition coefficient (Wildman–Crippen LogP) is 1.74. The number of phenolic OH excluding ortho intramolecular Hbond substituents is 1. The van der Waals surface area contributed by atoms with Crippen LogP contribution in [0.4, 0.5) is 10.5 Å². The highest BCUT2D eigenvalue weighted by molar-refractivity contribution is 5.96. The molecule has 0 aliphatic carbocycles. The molecule has 0 unspecified atom stereocenters. The summed E-state index contributed by atoms with van der Waals surface area (Å²) in [6.07, 6.45) is 0. The van der Waals surface area contributed by atoms with Crippen molar-refractivity contribution in [3.8, 4) is 5.75 Å². The monoisotopic (exact) mass is 222 g/mol. The van der Waals surface area contributed by atoms with Gasteiger partial charge in [0.2, 0.25) is 0 Å². The van der Waals surface area contributed by atoms with Gasteiger partial charge in [-0.1, -0.05) is 0 Å². The standard InChI is InChI=1S/C11H14N2O3/c1-3-12-11(16)13-9-5-4-8(7(2)14)6-10(9)15/h4-6,15H,3H2,1-2H3,(H2,12,13,16). The van der Waals surface area contributed by atoms with Crippen LogP contribution in [0.2, 0.25) is 0 Å². The Balaban J connectivity index is 2.83. The van der Waals surface area contributed by atoms with Crippen molar-refractivity contribution < 1.29 is 14.7 Å². The van der Waals surface area contributed by atoms with Crippen LogP contribution in [0.3, 0.4) is 0 Å². The van der Waals surface area contributed by atoms with Gasteiger partial charge in [0.1, 0.15) is 5.75 Å². The van der Waals surface area contributed by atoms with Gasteiger partial charge in [0.25, 0.3) is 0 Å². The summed E-state index contributed by atoms with van der Waals surface area (Å²) in [7, 11) is 0. The van der Waals surface area contributed by atoms with E-state index in [4.69, 9.17) is 0 Å². The number of anilines is 1. The number of aromatic hydroxyl groups is 1. The van der Waals surface area contributed by atoms with E-state index in [0.717, 1.165) is 0 Å². The Morgan fingerprint density at radius 2 is 2.06 bits per heavy atom. The second-order valence-electron chi connectivity index (χ2n) is 3.27. The molecule has 5 heteroatoms. The highest BCUT2D eigenvalue weighted by Gasteiger charge is 2.07. The van der Waals surface area contributed by atoms with Crippen LogP contribution in [0.25, 0.3) is 0 Å². The summed E-state index contributed by atoms with van der Waals surface area (Å²) in [5.74, 6) is -0.265. The Hall–Kier alpha value is -2.04. The minimum absolute atomic E-state index is 0.126. The van der Waals surface area contributed by atoms with Crippen LogP contribution in [0.15, 0.2) is 18.2 Å². The minimum atomic E-state index is -0.395. The molecule has 0 saturated heterocycles. The maximum absolute atomic E-state index is 11.2. The highest BCUT2D eigenvalue weighted by atomic mass is 16.3. The lowest BCUT2D eigenvalue weighted by molar-refractivity contribution is 0.101. The SMILES string of the molecule is CCNC(=O)Nc1ccc(C(C)=O)cc1O. The molecule has 86 valence electrons. The second kappa shape index (κ2) is 5.16. The zero-order valence-electron chi connectivity index (χ0n) is 9.20. The molecule has 0 heterocycles. The molecule has 5 nitrogen and oxygen atoms in total. The maximum Gasteiger partial charge on any atom is 0.319 e. The van der Waals surface area contributed by atoms with Crippen molar-refractivity contribution in [2.75, 3.05) is 11.9 Å². The molecule has 16 heavy (non-hydrogen) atoms. The number of carbonyl (C=O) groups is 2. The number of benzene rings is 1. The number of nitrogens with one attached hydrogen (secondary N) is 2. The molecule has 0 spiro atoms. The average molecular weight is 222 g/mol. The van der Waals surface area contributed by atoms with Crippen LogP contribution in [0, 0.1) is 0 Å². The lowest BCUT2D eigenvalue weighted by atomic mass is 10.1. The third-order valence-electron chi connectivity index (χ3n) is 1.99. The third-order valence-corrected chi connectivity index (χ3v) is 1.99. The van der Waals surface area contributed by atoms with E-state index in [2.05, 4.69) is 10.6 Å². The van der Waals surface area contributed by atoms with Crippen molar-refractivity contribution in [1.29, 1.82) is 0 Å². The lowest BCUT2D eigenvalue weighted by Gasteiger charge is -2.08. The largest absolute Gasteiger partial charge is 0.506 e. The number of Topliss-reactive ketones (excluding diaryl/α,β-unsaturated/α-hetero) is 1. The first-order valence-electron chi connectivity index (χ1n) is 4.93. The maximum atomic E-state index is 11.2. The third kappa shape index (κ3) is 2.98. The van der Waals surface area contributed by atoms with Gasteiger partial charge in [-0.05, 0) is 32.0 Å². The number of urea groups is 1. The summed E-state index contributed by atoms with van der Waals surface area (Å²) < 4.78 is 0. The number of hydrogen-bond donors (Lipinski definition) is 3. The number of rotatable bonds is 3. The van der Waals surface area contributed by atoms with Gasteiger partial charge in [-0.2, -0.15) is 0 Å². The molecule has 1 aromatic rings. The van der Waals surface area contributed by atoms with Gasteiger partial charge < -0.3 is 15.7 Å². The fraction of sp³-hybridized carbons (Fsp3) is 0.273. The molecule has 0 atom stereocenters. The zero-order valence-corrected chi connectivity index (χ0v) is 9.20. The van der Waals surface area contributed by atoms with Gasteiger partial charge in [0.05, 0.1) is 5.69 Å². The molecule has 1 rings (SSSR count). The molecule has 0 aromatic heterocycles. The fourth-order valence-electron chi connectivity index (χ4n) is 1.18. The summed E-state index contributed by atoms with van der Waals surface area (Å²) >= 11 is 0. The first kappa shape index (κ1) is 12.0. The van der Waals surface area contributed by atoms with Crippen LogP contribution in [0.1, 0.15) is 24.2 Å². The summed E-state index contributed by atoms with van der Waals surface area (Å²) in [6, 6.07) is 3.96. The summed E-state index contributed by atoms with van der Waals surface area (Å²) in [5, 5.41) is 14.6. The lowest BCUT2D eigenvalue weighted by Crippen LogP contribution is -2.28. The van der Waals surface area contributed by atoms with Gasteiger partial charge in [-0.15, -0.1) is 0 Å². The second-order valence-corrected chi connectivity index (χ2v) is 3.27. The normalized spacial score (nSPS) is 9.62. The number of amides is 2. The van der Waals surface area contributed by atoms with E-state index in [1.807, 2.05) is 0 Å². The minimum Gasteiger partial charge on any atom is -0.506 e. The number of phenols is 1. The van der Waals surface area contributed by atoms with E-state index >= 15 is 0 Å². The summed E-state index contributed by atoms with van der Waals surface area (Å²) in [6.45, 7) is 3.70. The number of hydrogen-bond acceptors (Lipinski definition) is 3. The van der Waals surface area contributed by atoms with Crippen molar-refractivity contribution in [3.05, 3.63) is 23.8 Å². The Morgan fingerprint density at radius 1 is 1.38 bits per heavy atom. The molecule has 0 bridgehead atoms. The van der Waals surface area contributed by atoms with Crippen LogP contribution in [0.5, 0.6) is 5.75 Å². The Kier molecular flexibility index (Phi) is 3.88. The number of carbonyl (C=O) groups excluding carboxylic acids is 2. The molecule has 0 radical (unpaired) electrons. The van der Waals surface area contributed by atoms with Gasteiger partial charge in [0, 0.05) is 12.1 Å². The Morgan fingerprint density at radius 3 is 2.56 bits per heavy atom. The molecular formula is C11H14N2O3. The highest BCUT2D eigenvalue weighted by Crippen LogP contribution is 2.24. The average Bonchev–Trinajstić information content (AvgIpc) is 2.21. The number of ketones is 1. The van der Waals surface area contributed by atoms with Crippen molar-refractivity contribution in [3.63, 3.8) is 0 Å². The van der Waals surface area contributed by atoms with Gasteiger partial charge in [-0.25, -0.2) is 4.79 Å². The summed E-state index contributed by atoms with van der Waals surface area (Å²) in [4.78, 5) is 22.2. The molecule has 3 N–H and O–H groups in total. The molecule has 0 saturated carbocycles. The predicted molar refractivity (Wildman–Crippen MR) is 60.8 cm³/mol. The fourth-order valence-corrected chi connectivity index (χ4v) is 1.18. The Bertz CT molecular complexity index is 416. The van der Waals surface area contributed by atoms with Crippen LogP contribution in [-0.4, -0.2) is 23.5 Å². The molecule has 0 aliphatic rings. The molecular weight excluding hydrogens is 208 g/mol. The molecule has 2 amide bonds. The van der Waals surface area contributed by atoms with E-state index < -0.39 is 6.03 Å². The van der Waals surface area contributed by atoms with Crippen molar-refractivity contribution >= 4 is 17.5 Å². The van der Waals surface area contributed by atoms with Crippen LogP contribution >= 0.6 is 0 Å². The van der Waals surface area contributed by atoms with E-state index in [1.54, 1.807) is 13.0 Å². The topological polar surface area (TPSA) is 78.4 Å². The van der Waals surface area contributed by atoms with E-state index in [1.165, 1.54) is 19.1 Å². The molecule has 1 aromatic carbocycles. The zero-order chi connectivity index (χ0) is 12.1. The summed E-state index contributed by atoms with van der Waals surface area (Å²) in [5.41, 5.74) is 0.676. The van der Waals surface area contributed by atoms with E-state index in [0.29, 0.717) is 12.1 Å². The van der Waals surface area contributed by atoms with Crippen LogP contribution < -0.4 is 10.6 Å². The molecule has 0 aliphatic heterocycles. The van der Waals surface area contributed by atoms with Crippen molar-refractivity contribution in [2.45, 2.75) is 13.8 Å². The first-order valence-corrected chi connectivity index (χ1v) is 4.93. The van der Waals surface area contributed by atoms with E-state index in [-0.39, 0.29) is 17.2 Å². The van der Waals surface area contributed by atoms with Crippen molar-refractivity contribution in [1.82, 2.24) is 5.32 Å². The van der Waals surface area contributed by atoms with Crippen molar-refractivity contribution in [2.24, 2.45) is 0 Å². The van der Waals surface area contributed by atoms with Crippen LogP contribution in [-0.2, 0) is 0 Å². The van der Waals surface area contributed by atoms with E-state index in [9.17, 15) is 14.7 Å². The molecule has 0 fully saturated rings. The van der Waals surface area contributed by atoms with Gasteiger partial charge in [-0.3, -0.25) is 4.79 Å². The Labute approximate surface area is 93.5 Å². The first-order chi connectivity index (χ1) is 7.54. The quantitative estimate of drug-likeness (QED) is 0.538. The van der Waals surface area contributed by atoms with Gasteiger partial charge >= 0.3 is 6.03 Å². The smallest absolute Gasteiger partial charge is 0.319 e.